The molecule has 2 unspecified atom stereocenters. The number of nitrogens with zero attached hydrogens (tertiary/aromatic N) is 4. The molecule has 1 N–H and O–H groups in total. The number of piperazine rings is 1. The molecule has 0 radical (unpaired) electrons. The average Bonchev–Trinajstić information content (AvgIpc) is 2.96. The van der Waals surface area contributed by atoms with Gasteiger partial charge in [-0.15, -0.1) is 0 Å². The number of carbonyl (C=O) groups excluding carboxylic acids is 2. The number of hydrogen-bond donors (Lipinski definition) is 1. The second kappa shape index (κ2) is 13.6. The Labute approximate surface area is 243 Å². The Bertz CT molecular complexity index is 1280. The van der Waals surface area contributed by atoms with E-state index in [1.807, 2.05) is 52.3 Å². The fraction of sp³-hybridized carbons (Fsp3) is 0.394. The van der Waals surface area contributed by atoms with Gasteiger partial charge in [0.25, 0.3) is 0 Å². The standard InChI is InChI=1S/C33H42FN5O2/c1-6-8-10-13-27(7-2)24(3)21-37-22-30-38(32(33(37)41)28-14-11-9-12-15-28)31(40)23-36(5)39(30)25(4)35-20-26-16-18-29(34)19-17-26/h8-19,24,30,32,35H,4,6-7,20-23H2,1-3,5H3/b10-8-,27-13+/t24?,30?,32-/m0/s1. The summed E-state index contributed by atoms with van der Waals surface area (Å²) in [6.45, 7) is 12.2. The molecule has 0 aliphatic carbocycles. The molecule has 2 saturated heterocycles. The summed E-state index contributed by atoms with van der Waals surface area (Å²) < 4.78 is 13.4. The number of hydrazine groups is 1. The van der Waals surface area contributed by atoms with Crippen LogP contribution in [0.4, 0.5) is 4.39 Å². The van der Waals surface area contributed by atoms with E-state index in [2.05, 4.69) is 50.9 Å². The van der Waals surface area contributed by atoms with Crippen LogP contribution in [0, 0.1) is 11.7 Å². The number of likely N-dealkylation sites (N-methyl/N-ethyl adjacent to an activating group) is 1. The summed E-state index contributed by atoms with van der Waals surface area (Å²) in [7, 11) is 1.86. The maximum atomic E-state index is 14.1. The van der Waals surface area contributed by atoms with Crippen LogP contribution in [0.5, 0.6) is 0 Å². The summed E-state index contributed by atoms with van der Waals surface area (Å²) in [5, 5.41) is 7.19. The molecule has 2 fully saturated rings. The molecular weight excluding hydrogens is 517 g/mol. The molecule has 2 aromatic rings. The third kappa shape index (κ3) is 6.88. The van der Waals surface area contributed by atoms with Gasteiger partial charge in [0.15, 0.2) is 0 Å². The van der Waals surface area contributed by atoms with Crippen molar-refractivity contribution in [2.45, 2.75) is 52.4 Å². The maximum absolute atomic E-state index is 14.1. The minimum absolute atomic E-state index is 0.0680. The molecule has 218 valence electrons. The number of benzene rings is 2. The molecule has 2 heterocycles. The average molecular weight is 560 g/mol. The van der Waals surface area contributed by atoms with Gasteiger partial charge in [0.1, 0.15) is 23.8 Å². The largest absolute Gasteiger partial charge is 0.367 e. The van der Waals surface area contributed by atoms with Crippen LogP contribution in [0.15, 0.2) is 90.8 Å². The second-order valence-corrected chi connectivity index (χ2v) is 10.8. The normalized spacial score (nSPS) is 20.9. The highest BCUT2D eigenvalue weighted by Gasteiger charge is 2.50. The Morgan fingerprint density at radius 3 is 2.49 bits per heavy atom. The summed E-state index contributed by atoms with van der Waals surface area (Å²) >= 11 is 0. The van der Waals surface area contributed by atoms with Crippen LogP contribution in [-0.2, 0) is 16.1 Å². The zero-order chi connectivity index (χ0) is 29.5. The zero-order valence-electron chi connectivity index (χ0n) is 24.6. The van der Waals surface area contributed by atoms with E-state index < -0.39 is 12.2 Å². The van der Waals surface area contributed by atoms with E-state index in [0.717, 1.165) is 24.0 Å². The van der Waals surface area contributed by atoms with E-state index in [0.29, 0.717) is 25.5 Å². The number of allylic oxidation sites excluding steroid dienone is 3. The molecule has 2 aliphatic rings. The van der Waals surface area contributed by atoms with Crippen molar-refractivity contribution in [3.8, 4) is 0 Å². The molecule has 0 spiro atoms. The van der Waals surface area contributed by atoms with Gasteiger partial charge in [0, 0.05) is 20.1 Å². The van der Waals surface area contributed by atoms with Crippen molar-refractivity contribution in [2.24, 2.45) is 5.92 Å². The number of fused-ring (bicyclic) bond motifs is 1. The summed E-state index contributed by atoms with van der Waals surface area (Å²) in [5.41, 5.74) is 2.98. The molecule has 3 atom stereocenters. The molecular formula is C33H42FN5O2. The van der Waals surface area contributed by atoms with Gasteiger partial charge in [-0.05, 0) is 42.0 Å². The Balaban J connectivity index is 1.65. The van der Waals surface area contributed by atoms with Gasteiger partial charge in [0.2, 0.25) is 11.8 Å². The van der Waals surface area contributed by atoms with Gasteiger partial charge in [0.05, 0.1) is 13.1 Å². The third-order valence-electron chi connectivity index (χ3n) is 7.85. The first-order valence-electron chi connectivity index (χ1n) is 14.4. The molecule has 41 heavy (non-hydrogen) atoms. The molecule has 0 bridgehead atoms. The molecule has 2 amide bonds. The molecule has 4 rings (SSSR count). The molecule has 0 aromatic heterocycles. The van der Waals surface area contributed by atoms with Gasteiger partial charge in [-0.2, -0.15) is 0 Å². The lowest BCUT2D eigenvalue weighted by molar-refractivity contribution is -0.193. The Hall–Kier alpha value is -3.91. The highest BCUT2D eigenvalue weighted by molar-refractivity contribution is 5.91. The minimum atomic E-state index is -0.732. The van der Waals surface area contributed by atoms with Crippen LogP contribution in [0.2, 0.25) is 0 Å². The summed E-state index contributed by atoms with van der Waals surface area (Å²) in [4.78, 5) is 31.3. The van der Waals surface area contributed by atoms with Gasteiger partial charge in [-0.1, -0.05) is 93.6 Å². The van der Waals surface area contributed by atoms with Gasteiger partial charge >= 0.3 is 0 Å². The first kappa shape index (κ1) is 30.1. The van der Waals surface area contributed by atoms with Crippen LogP contribution < -0.4 is 5.32 Å². The summed E-state index contributed by atoms with van der Waals surface area (Å²) in [6, 6.07) is 15.1. The quantitative estimate of drug-likeness (QED) is 0.383. The maximum Gasteiger partial charge on any atom is 0.250 e. The minimum Gasteiger partial charge on any atom is -0.367 e. The summed E-state index contributed by atoms with van der Waals surface area (Å²) in [6.07, 6.45) is 7.80. The third-order valence-corrected chi connectivity index (χ3v) is 7.85. The lowest BCUT2D eigenvalue weighted by Crippen LogP contribution is -2.72. The van der Waals surface area contributed by atoms with Gasteiger partial charge in [-0.3, -0.25) is 14.6 Å². The molecule has 7 nitrogen and oxygen atoms in total. The van der Waals surface area contributed by atoms with Crippen molar-refractivity contribution < 1.29 is 14.0 Å². The second-order valence-electron chi connectivity index (χ2n) is 10.8. The number of nitrogens with one attached hydrogen (secondary N) is 1. The molecule has 2 aromatic carbocycles. The topological polar surface area (TPSA) is 59.1 Å². The Morgan fingerprint density at radius 1 is 1.12 bits per heavy atom. The van der Waals surface area contributed by atoms with Crippen LogP contribution in [0.25, 0.3) is 0 Å². The number of hydrogen-bond acceptors (Lipinski definition) is 5. The fourth-order valence-electron chi connectivity index (χ4n) is 5.71. The van der Waals surface area contributed by atoms with Crippen LogP contribution in [-0.4, -0.2) is 64.5 Å². The van der Waals surface area contributed by atoms with E-state index in [-0.39, 0.29) is 30.1 Å². The lowest BCUT2D eigenvalue weighted by Gasteiger charge is -2.56. The van der Waals surface area contributed by atoms with E-state index in [1.165, 1.54) is 17.7 Å². The van der Waals surface area contributed by atoms with E-state index in [4.69, 9.17) is 0 Å². The van der Waals surface area contributed by atoms with Crippen LogP contribution >= 0.6 is 0 Å². The Kier molecular flexibility index (Phi) is 10.00. The fourth-order valence-corrected chi connectivity index (χ4v) is 5.71. The molecule has 8 heteroatoms. The molecule has 2 aliphatic heterocycles. The van der Waals surface area contributed by atoms with Crippen LogP contribution in [0.3, 0.4) is 0 Å². The number of carbonyl (C=O) groups is 2. The SMILES string of the molecule is C=C(NCc1ccc(F)cc1)N1C2CN(CC(C)/C(=C/C=C\CC)CC)C(=O)[C@H](c3ccccc3)N2C(=O)CN1C. The summed E-state index contributed by atoms with van der Waals surface area (Å²) in [5.74, 6) is 0.301. The monoisotopic (exact) mass is 559 g/mol. The predicted molar refractivity (Wildman–Crippen MR) is 160 cm³/mol. The number of rotatable bonds is 11. The van der Waals surface area contributed by atoms with E-state index >= 15 is 0 Å². The van der Waals surface area contributed by atoms with Gasteiger partial charge in [-0.25, -0.2) is 9.40 Å². The Morgan fingerprint density at radius 2 is 1.83 bits per heavy atom. The van der Waals surface area contributed by atoms with Gasteiger partial charge < -0.3 is 15.1 Å². The number of halogens is 1. The van der Waals surface area contributed by atoms with E-state index in [9.17, 15) is 14.0 Å². The van der Waals surface area contributed by atoms with Crippen molar-refractivity contribution in [3.05, 3.63) is 108 Å². The predicted octanol–water partition coefficient (Wildman–Crippen LogP) is 5.23. The van der Waals surface area contributed by atoms with Crippen molar-refractivity contribution >= 4 is 11.8 Å². The van der Waals surface area contributed by atoms with Crippen molar-refractivity contribution in [2.75, 3.05) is 26.7 Å². The highest BCUT2D eigenvalue weighted by atomic mass is 19.1. The lowest BCUT2D eigenvalue weighted by atomic mass is 9.94. The first-order valence-corrected chi connectivity index (χ1v) is 14.4. The van der Waals surface area contributed by atoms with Crippen molar-refractivity contribution in [1.82, 2.24) is 25.1 Å². The van der Waals surface area contributed by atoms with E-state index in [1.54, 1.807) is 17.0 Å². The first-order chi connectivity index (χ1) is 19.7. The van der Waals surface area contributed by atoms with Crippen molar-refractivity contribution in [3.63, 3.8) is 0 Å². The number of amides is 2. The zero-order valence-corrected chi connectivity index (χ0v) is 24.6. The smallest absolute Gasteiger partial charge is 0.250 e. The molecule has 0 saturated carbocycles. The van der Waals surface area contributed by atoms with Crippen LogP contribution in [0.1, 0.15) is 50.8 Å². The highest BCUT2D eigenvalue weighted by Crippen LogP contribution is 2.36. The van der Waals surface area contributed by atoms with Crippen molar-refractivity contribution in [1.29, 1.82) is 0 Å².